The fourth-order valence-electron chi connectivity index (χ4n) is 4.70. The molecule has 4 aromatic rings. The lowest BCUT2D eigenvalue weighted by Crippen LogP contribution is -2.22. The number of hydrogen-bond acceptors (Lipinski definition) is 5. The number of carboxylic acid groups (broad SMARTS) is 1. The molecule has 2 aromatic heterocycles. The van der Waals surface area contributed by atoms with Gasteiger partial charge in [0.15, 0.2) is 0 Å². The number of ether oxygens (including phenoxy) is 1. The summed E-state index contributed by atoms with van der Waals surface area (Å²) in [5.41, 5.74) is 9.74. The molecule has 0 amide bonds. The molecule has 2 aromatic carbocycles. The van der Waals surface area contributed by atoms with Gasteiger partial charge in [0.05, 0.1) is 5.92 Å². The van der Waals surface area contributed by atoms with E-state index < -0.39 is 5.97 Å². The molecule has 0 bridgehead atoms. The molecule has 1 fully saturated rings. The number of anilines is 1. The van der Waals surface area contributed by atoms with Crippen LogP contribution in [-0.2, 0) is 11.4 Å². The van der Waals surface area contributed by atoms with Crippen molar-refractivity contribution in [1.29, 1.82) is 0 Å². The molecule has 7 nitrogen and oxygen atoms in total. The summed E-state index contributed by atoms with van der Waals surface area (Å²) in [6.07, 6.45) is 6.59. The number of aliphatic carboxylic acids is 1. The van der Waals surface area contributed by atoms with Gasteiger partial charge in [-0.15, -0.1) is 0 Å². The van der Waals surface area contributed by atoms with Crippen LogP contribution in [0.5, 0.6) is 5.75 Å². The van der Waals surface area contributed by atoms with E-state index in [0.29, 0.717) is 25.3 Å². The van der Waals surface area contributed by atoms with Gasteiger partial charge in [-0.3, -0.25) is 9.20 Å². The van der Waals surface area contributed by atoms with E-state index >= 15 is 0 Å². The summed E-state index contributed by atoms with van der Waals surface area (Å²) < 4.78 is 7.99. The van der Waals surface area contributed by atoms with Crippen LogP contribution < -0.4 is 10.5 Å². The number of rotatable bonds is 6. The first-order valence-electron chi connectivity index (χ1n) is 11.2. The largest absolute Gasteiger partial charge is 0.489 e. The Hall–Kier alpha value is -3.87. The first-order chi connectivity index (χ1) is 16.1. The lowest BCUT2D eigenvalue weighted by Gasteiger charge is -2.25. The first kappa shape index (κ1) is 21.0. The first-order valence-corrected chi connectivity index (χ1v) is 11.2. The molecule has 0 aliphatic heterocycles. The van der Waals surface area contributed by atoms with Crippen LogP contribution in [0.4, 0.5) is 5.82 Å². The van der Waals surface area contributed by atoms with Gasteiger partial charge in [0.25, 0.3) is 0 Å². The monoisotopic (exact) mass is 442 g/mol. The Morgan fingerprint density at radius 3 is 2.82 bits per heavy atom. The number of carboxylic acids is 1. The highest BCUT2D eigenvalue weighted by molar-refractivity contribution is 5.85. The predicted molar refractivity (Wildman–Crippen MR) is 126 cm³/mol. The Morgan fingerprint density at radius 1 is 1.15 bits per heavy atom. The molecule has 0 spiro atoms. The number of nitrogens with zero attached hydrogens (tertiary/aromatic N) is 3. The molecule has 0 radical (unpaired) electrons. The molecule has 2 heterocycles. The number of hydrogen-bond donors (Lipinski definition) is 2. The zero-order valence-corrected chi connectivity index (χ0v) is 18.2. The molecule has 0 saturated heterocycles. The van der Waals surface area contributed by atoms with Crippen molar-refractivity contribution in [1.82, 2.24) is 14.4 Å². The molecule has 1 aliphatic carbocycles. The fourth-order valence-corrected chi connectivity index (χ4v) is 4.70. The summed E-state index contributed by atoms with van der Waals surface area (Å²) in [7, 11) is 0. The third-order valence-electron chi connectivity index (χ3n) is 6.35. The molecular formula is C26H26N4O3. The molecule has 5 rings (SSSR count). The van der Waals surface area contributed by atoms with E-state index in [1.54, 1.807) is 6.20 Å². The number of benzene rings is 2. The van der Waals surface area contributed by atoms with Gasteiger partial charge in [-0.05, 0) is 37.0 Å². The molecule has 2 unspecified atom stereocenters. The number of imidazole rings is 1. The summed E-state index contributed by atoms with van der Waals surface area (Å²) in [5.74, 6) is 0.965. The Labute approximate surface area is 191 Å². The van der Waals surface area contributed by atoms with Gasteiger partial charge < -0.3 is 15.6 Å². The summed E-state index contributed by atoms with van der Waals surface area (Å²) in [6, 6.07) is 17.8. The summed E-state index contributed by atoms with van der Waals surface area (Å²) in [6.45, 7) is 0.474. The molecule has 1 aliphatic rings. The Bertz CT molecular complexity index is 1290. The summed E-state index contributed by atoms with van der Waals surface area (Å²) in [4.78, 5) is 20.9. The maximum atomic E-state index is 11.6. The van der Waals surface area contributed by atoms with Crippen molar-refractivity contribution in [2.75, 3.05) is 5.73 Å². The average molecular weight is 443 g/mol. The lowest BCUT2D eigenvalue weighted by atomic mass is 9.81. The number of nitrogens with two attached hydrogens (primary N) is 1. The number of fused-ring (bicyclic) bond motifs is 1. The zero-order chi connectivity index (χ0) is 22.8. The van der Waals surface area contributed by atoms with Crippen LogP contribution in [0, 0.1) is 5.92 Å². The second-order valence-electron chi connectivity index (χ2n) is 8.55. The smallest absolute Gasteiger partial charge is 0.306 e. The van der Waals surface area contributed by atoms with E-state index in [1.807, 2.05) is 65.2 Å². The third-order valence-corrected chi connectivity index (χ3v) is 6.35. The normalized spacial score (nSPS) is 18.3. The number of nitrogen functional groups attached to an aromatic ring is 1. The molecule has 3 N–H and O–H groups in total. The highest BCUT2D eigenvalue weighted by atomic mass is 16.5. The van der Waals surface area contributed by atoms with E-state index in [-0.39, 0.29) is 11.8 Å². The minimum Gasteiger partial charge on any atom is -0.489 e. The summed E-state index contributed by atoms with van der Waals surface area (Å²) in [5, 5.41) is 9.54. The van der Waals surface area contributed by atoms with Gasteiger partial charge >= 0.3 is 5.97 Å². The van der Waals surface area contributed by atoms with E-state index in [2.05, 4.69) is 4.98 Å². The Morgan fingerprint density at radius 2 is 2.00 bits per heavy atom. The van der Waals surface area contributed by atoms with Crippen LogP contribution >= 0.6 is 0 Å². The van der Waals surface area contributed by atoms with Crippen LogP contribution in [0.3, 0.4) is 0 Å². The zero-order valence-electron chi connectivity index (χ0n) is 18.2. The maximum Gasteiger partial charge on any atom is 0.306 e. The number of aromatic nitrogens is 3. The van der Waals surface area contributed by atoms with Crippen molar-refractivity contribution in [2.45, 2.75) is 38.2 Å². The van der Waals surface area contributed by atoms with Gasteiger partial charge in [-0.2, -0.15) is 0 Å². The van der Waals surface area contributed by atoms with Crippen molar-refractivity contribution in [3.8, 4) is 17.0 Å². The molecule has 2 atom stereocenters. The van der Waals surface area contributed by atoms with E-state index in [4.69, 9.17) is 15.5 Å². The van der Waals surface area contributed by atoms with Crippen LogP contribution in [0.15, 0.2) is 67.0 Å². The highest BCUT2D eigenvalue weighted by Gasteiger charge is 2.31. The van der Waals surface area contributed by atoms with Crippen molar-refractivity contribution in [2.24, 2.45) is 5.92 Å². The van der Waals surface area contributed by atoms with Crippen molar-refractivity contribution < 1.29 is 14.6 Å². The Kier molecular flexibility index (Phi) is 5.69. The predicted octanol–water partition coefficient (Wildman–Crippen LogP) is 4.92. The van der Waals surface area contributed by atoms with Gasteiger partial charge in [0.1, 0.15) is 35.2 Å². The molecule has 33 heavy (non-hydrogen) atoms. The van der Waals surface area contributed by atoms with E-state index in [0.717, 1.165) is 46.8 Å². The quantitative estimate of drug-likeness (QED) is 0.440. The Balaban J connectivity index is 1.50. The van der Waals surface area contributed by atoms with Crippen molar-refractivity contribution >= 4 is 17.3 Å². The minimum absolute atomic E-state index is 0.0559. The molecule has 7 heteroatoms. The van der Waals surface area contributed by atoms with Gasteiger partial charge in [0, 0.05) is 23.9 Å². The average Bonchev–Trinajstić information content (AvgIpc) is 3.25. The second-order valence-corrected chi connectivity index (χ2v) is 8.55. The molecule has 168 valence electrons. The standard InChI is InChI=1S/C26H26N4O3/c27-24-23-22(18-8-5-11-21(15-18)33-16-17-6-2-1-3-7-17)29-25(30(23)13-12-28-24)19-9-4-10-20(14-19)26(31)32/h1-3,5-8,11-13,15,19-20H,4,9-10,14,16H2,(H2,27,28)(H,31,32). The van der Waals surface area contributed by atoms with Crippen molar-refractivity contribution in [3.63, 3.8) is 0 Å². The minimum atomic E-state index is -0.731. The van der Waals surface area contributed by atoms with Gasteiger partial charge in [-0.1, -0.05) is 48.9 Å². The van der Waals surface area contributed by atoms with E-state index in [9.17, 15) is 9.90 Å². The molecular weight excluding hydrogens is 416 g/mol. The second kappa shape index (κ2) is 8.94. The van der Waals surface area contributed by atoms with E-state index in [1.165, 1.54) is 0 Å². The van der Waals surface area contributed by atoms with Crippen LogP contribution in [0.1, 0.15) is 43.0 Å². The van der Waals surface area contributed by atoms with Crippen LogP contribution in [0.25, 0.3) is 16.8 Å². The van der Waals surface area contributed by atoms with Crippen LogP contribution in [0.2, 0.25) is 0 Å². The SMILES string of the molecule is Nc1nccn2c(C3CCCC(C(=O)O)C3)nc(-c3cccc(OCc4ccccc4)c3)c12. The lowest BCUT2D eigenvalue weighted by molar-refractivity contribution is -0.143. The molecule has 1 saturated carbocycles. The van der Waals surface area contributed by atoms with Crippen molar-refractivity contribution in [3.05, 3.63) is 78.4 Å². The fraction of sp³-hybridized carbons (Fsp3) is 0.269. The number of carbonyl (C=O) groups is 1. The maximum absolute atomic E-state index is 11.6. The van der Waals surface area contributed by atoms with Gasteiger partial charge in [-0.25, -0.2) is 9.97 Å². The van der Waals surface area contributed by atoms with Gasteiger partial charge in [0.2, 0.25) is 0 Å². The van der Waals surface area contributed by atoms with Crippen LogP contribution in [-0.4, -0.2) is 25.4 Å². The third kappa shape index (κ3) is 4.26. The highest BCUT2D eigenvalue weighted by Crippen LogP contribution is 2.39. The topological polar surface area (TPSA) is 103 Å². The summed E-state index contributed by atoms with van der Waals surface area (Å²) >= 11 is 0.